The zero-order chi connectivity index (χ0) is 15.8. The number of benzene rings is 2. The zero-order valence-corrected chi connectivity index (χ0v) is 12.1. The number of para-hydroxylation sites is 2. The molecule has 0 spiro atoms. The number of aromatic amines is 1. The Kier molecular flexibility index (Phi) is 3.05. The lowest BCUT2D eigenvalue weighted by Gasteiger charge is -2.05. The molecule has 23 heavy (non-hydrogen) atoms. The minimum absolute atomic E-state index is 0.216. The highest BCUT2D eigenvalue weighted by atomic mass is 16.2. The number of carbonyl (C=O) groups excluding carboxylic acids is 2. The molecule has 2 aromatic carbocycles. The molecule has 0 bridgehead atoms. The van der Waals surface area contributed by atoms with Crippen LogP contribution in [0, 0.1) is 0 Å². The second-order valence-electron chi connectivity index (χ2n) is 5.40. The lowest BCUT2D eigenvalue weighted by molar-refractivity contribution is -0.124. The van der Waals surface area contributed by atoms with Gasteiger partial charge < -0.3 is 4.98 Å². The predicted molar refractivity (Wildman–Crippen MR) is 87.7 cm³/mol. The lowest BCUT2D eigenvalue weighted by Crippen LogP contribution is -2.22. The SMILES string of the molecule is O=C1NC(=O)C(c2cc3ccccc3[nH]2)C1=Nc1ccccc1. The first kappa shape index (κ1) is 13.5. The van der Waals surface area contributed by atoms with E-state index in [1.165, 1.54) is 0 Å². The first-order chi connectivity index (χ1) is 11.2. The molecule has 2 heterocycles. The Morgan fingerprint density at radius 2 is 1.65 bits per heavy atom. The third kappa shape index (κ3) is 2.32. The van der Waals surface area contributed by atoms with E-state index < -0.39 is 11.8 Å². The minimum atomic E-state index is -0.713. The summed E-state index contributed by atoms with van der Waals surface area (Å²) in [6.07, 6.45) is 0. The minimum Gasteiger partial charge on any atom is -0.357 e. The standard InChI is InChI=1S/C18H13N3O2/c22-17-15(14-10-11-6-4-5-9-13(11)20-14)16(18(23)21-17)19-12-7-2-1-3-8-12/h1-10,15,20H,(H,21,22,23). The van der Waals surface area contributed by atoms with Crippen LogP contribution in [0.2, 0.25) is 0 Å². The van der Waals surface area contributed by atoms with Gasteiger partial charge in [0, 0.05) is 11.2 Å². The van der Waals surface area contributed by atoms with Crippen LogP contribution in [0.4, 0.5) is 5.69 Å². The number of imide groups is 1. The molecule has 0 aliphatic carbocycles. The molecule has 5 heteroatoms. The van der Waals surface area contributed by atoms with E-state index in [-0.39, 0.29) is 11.6 Å². The highest BCUT2D eigenvalue weighted by Crippen LogP contribution is 2.27. The monoisotopic (exact) mass is 303 g/mol. The molecule has 5 nitrogen and oxygen atoms in total. The van der Waals surface area contributed by atoms with Crippen LogP contribution in [0.25, 0.3) is 10.9 Å². The summed E-state index contributed by atoms with van der Waals surface area (Å²) in [6.45, 7) is 0. The molecule has 2 N–H and O–H groups in total. The number of hydrogen-bond acceptors (Lipinski definition) is 3. The average Bonchev–Trinajstić information content (AvgIpc) is 3.09. The summed E-state index contributed by atoms with van der Waals surface area (Å²) in [6, 6.07) is 18.8. The van der Waals surface area contributed by atoms with Gasteiger partial charge >= 0.3 is 0 Å². The van der Waals surface area contributed by atoms with E-state index in [0.29, 0.717) is 11.4 Å². The number of carbonyl (C=O) groups is 2. The summed E-state index contributed by atoms with van der Waals surface area (Å²) in [4.78, 5) is 31.9. The van der Waals surface area contributed by atoms with Crippen molar-refractivity contribution in [2.24, 2.45) is 4.99 Å². The number of aliphatic imine (C=N–C) groups is 1. The van der Waals surface area contributed by atoms with Gasteiger partial charge in [-0.3, -0.25) is 14.9 Å². The van der Waals surface area contributed by atoms with Crippen LogP contribution in [-0.4, -0.2) is 22.5 Å². The van der Waals surface area contributed by atoms with E-state index >= 15 is 0 Å². The van der Waals surface area contributed by atoms with E-state index in [1.807, 2.05) is 48.5 Å². The van der Waals surface area contributed by atoms with Gasteiger partial charge in [-0.25, -0.2) is 4.99 Å². The van der Waals surface area contributed by atoms with Crippen molar-refractivity contribution in [3.05, 3.63) is 66.4 Å². The van der Waals surface area contributed by atoms with Crippen molar-refractivity contribution in [3.8, 4) is 0 Å². The quantitative estimate of drug-likeness (QED) is 0.714. The summed E-state index contributed by atoms with van der Waals surface area (Å²) in [5, 5.41) is 3.35. The number of H-pyrrole nitrogens is 1. The number of fused-ring (bicyclic) bond motifs is 1. The average molecular weight is 303 g/mol. The predicted octanol–water partition coefficient (Wildman–Crippen LogP) is 2.68. The molecule has 4 rings (SSSR count). The summed E-state index contributed by atoms with van der Waals surface area (Å²) in [5.74, 6) is -1.51. The molecule has 3 aromatic rings. The van der Waals surface area contributed by atoms with Crippen LogP contribution in [0.5, 0.6) is 0 Å². The molecule has 1 aliphatic rings. The summed E-state index contributed by atoms with van der Waals surface area (Å²) >= 11 is 0. The Labute approximate surface area is 132 Å². The van der Waals surface area contributed by atoms with E-state index in [2.05, 4.69) is 15.3 Å². The Bertz CT molecular complexity index is 908. The van der Waals surface area contributed by atoms with Gasteiger partial charge in [-0.2, -0.15) is 0 Å². The lowest BCUT2D eigenvalue weighted by atomic mass is 10.0. The topological polar surface area (TPSA) is 74.3 Å². The normalized spacial score (nSPS) is 19.5. The smallest absolute Gasteiger partial charge is 0.273 e. The van der Waals surface area contributed by atoms with Crippen molar-refractivity contribution in [2.45, 2.75) is 5.92 Å². The number of amides is 2. The fourth-order valence-electron chi connectivity index (χ4n) is 2.80. The molecule has 1 atom stereocenters. The molecule has 0 radical (unpaired) electrons. The molecule has 2 amide bonds. The van der Waals surface area contributed by atoms with E-state index in [9.17, 15) is 9.59 Å². The van der Waals surface area contributed by atoms with Gasteiger partial charge in [0.25, 0.3) is 5.91 Å². The number of hydrogen-bond donors (Lipinski definition) is 2. The fraction of sp³-hybridized carbons (Fsp3) is 0.0556. The van der Waals surface area contributed by atoms with Crippen molar-refractivity contribution in [2.75, 3.05) is 0 Å². The summed E-state index contributed by atoms with van der Waals surface area (Å²) < 4.78 is 0. The Balaban J connectivity index is 1.82. The zero-order valence-electron chi connectivity index (χ0n) is 12.1. The maximum atomic E-state index is 12.2. The third-order valence-corrected chi connectivity index (χ3v) is 3.87. The van der Waals surface area contributed by atoms with Crippen LogP contribution in [-0.2, 0) is 9.59 Å². The molecule has 1 fully saturated rings. The molecule has 0 saturated carbocycles. The second-order valence-corrected chi connectivity index (χ2v) is 5.40. The first-order valence-electron chi connectivity index (χ1n) is 7.29. The second kappa shape index (κ2) is 5.21. The maximum Gasteiger partial charge on any atom is 0.273 e. The van der Waals surface area contributed by atoms with Gasteiger partial charge in [-0.15, -0.1) is 0 Å². The van der Waals surface area contributed by atoms with Crippen LogP contribution in [0.15, 0.2) is 65.7 Å². The van der Waals surface area contributed by atoms with Crippen LogP contribution >= 0.6 is 0 Å². The first-order valence-corrected chi connectivity index (χ1v) is 7.29. The summed E-state index contributed by atoms with van der Waals surface area (Å²) in [7, 11) is 0. The van der Waals surface area contributed by atoms with Crippen LogP contribution < -0.4 is 5.32 Å². The molecular formula is C18H13N3O2. The largest absolute Gasteiger partial charge is 0.357 e. The van der Waals surface area contributed by atoms with Gasteiger partial charge in [-0.1, -0.05) is 36.4 Å². The van der Waals surface area contributed by atoms with Gasteiger partial charge in [0.05, 0.1) is 5.69 Å². The fourth-order valence-corrected chi connectivity index (χ4v) is 2.80. The Morgan fingerprint density at radius 1 is 0.913 bits per heavy atom. The third-order valence-electron chi connectivity index (χ3n) is 3.87. The molecule has 1 saturated heterocycles. The van der Waals surface area contributed by atoms with E-state index in [1.54, 1.807) is 12.1 Å². The van der Waals surface area contributed by atoms with Gasteiger partial charge in [-0.05, 0) is 29.7 Å². The van der Waals surface area contributed by atoms with Crippen molar-refractivity contribution in [1.29, 1.82) is 0 Å². The Morgan fingerprint density at radius 3 is 2.43 bits per heavy atom. The molecule has 1 aromatic heterocycles. The van der Waals surface area contributed by atoms with Crippen molar-refractivity contribution < 1.29 is 9.59 Å². The van der Waals surface area contributed by atoms with Crippen LogP contribution in [0.1, 0.15) is 11.6 Å². The van der Waals surface area contributed by atoms with Crippen molar-refractivity contribution in [1.82, 2.24) is 10.3 Å². The highest BCUT2D eigenvalue weighted by Gasteiger charge is 2.40. The van der Waals surface area contributed by atoms with Crippen LogP contribution in [0.3, 0.4) is 0 Å². The highest BCUT2D eigenvalue weighted by molar-refractivity contribution is 6.52. The number of rotatable bonds is 2. The number of aromatic nitrogens is 1. The Hall–Kier alpha value is -3.21. The van der Waals surface area contributed by atoms with E-state index in [0.717, 1.165) is 10.9 Å². The van der Waals surface area contributed by atoms with Gasteiger partial charge in [0.1, 0.15) is 11.6 Å². The van der Waals surface area contributed by atoms with Crippen molar-refractivity contribution in [3.63, 3.8) is 0 Å². The van der Waals surface area contributed by atoms with E-state index in [4.69, 9.17) is 0 Å². The molecule has 1 unspecified atom stereocenters. The summed E-state index contributed by atoms with van der Waals surface area (Å²) in [5.41, 5.74) is 2.46. The number of nitrogens with one attached hydrogen (secondary N) is 2. The molecular weight excluding hydrogens is 290 g/mol. The van der Waals surface area contributed by atoms with Gasteiger partial charge in [0.2, 0.25) is 5.91 Å². The van der Waals surface area contributed by atoms with Crippen molar-refractivity contribution >= 4 is 34.1 Å². The van der Waals surface area contributed by atoms with Gasteiger partial charge in [0.15, 0.2) is 0 Å². The number of nitrogens with zero attached hydrogens (tertiary/aromatic N) is 1. The molecule has 1 aliphatic heterocycles. The molecule has 112 valence electrons. The maximum absolute atomic E-state index is 12.2.